The van der Waals surface area contributed by atoms with Crippen molar-refractivity contribution in [1.29, 1.82) is 0 Å². The van der Waals surface area contributed by atoms with E-state index in [2.05, 4.69) is 27.7 Å². The molecule has 0 aliphatic carbocycles. The fraction of sp³-hybridized carbons (Fsp3) is 0.917. The molecule has 0 rings (SSSR count). The number of rotatable bonds is 6. The third-order valence-corrected chi connectivity index (χ3v) is 3.01. The first-order valence-electron chi connectivity index (χ1n) is 5.74. The van der Waals surface area contributed by atoms with Gasteiger partial charge in [-0.1, -0.05) is 20.8 Å². The molecule has 0 saturated carbocycles. The van der Waals surface area contributed by atoms with E-state index in [0.717, 1.165) is 0 Å². The average Bonchev–Trinajstić information content (AvgIpc) is 2.14. The first-order valence-corrected chi connectivity index (χ1v) is 5.74. The lowest BCUT2D eigenvalue weighted by atomic mass is 9.87. The molecule has 0 aliphatic rings. The lowest BCUT2D eigenvalue weighted by Gasteiger charge is -2.36. The van der Waals surface area contributed by atoms with Crippen LogP contribution in [0.4, 0.5) is 0 Å². The molecule has 16 heavy (non-hydrogen) atoms. The molecule has 0 aliphatic heterocycles. The highest BCUT2D eigenvalue weighted by atomic mass is 16.5. The summed E-state index contributed by atoms with van der Waals surface area (Å²) in [7, 11) is 1.94. The van der Waals surface area contributed by atoms with E-state index in [4.69, 9.17) is 9.84 Å². The average molecular weight is 231 g/mol. The maximum absolute atomic E-state index is 10.9. The van der Waals surface area contributed by atoms with Gasteiger partial charge in [0.2, 0.25) is 0 Å². The molecule has 0 amide bonds. The molecule has 96 valence electrons. The highest BCUT2D eigenvalue weighted by Gasteiger charge is 2.27. The second kappa shape index (κ2) is 6.21. The number of carbonyl (C=O) groups is 1. The number of carboxylic acid groups (broad SMARTS) is 1. The molecule has 0 fully saturated rings. The van der Waals surface area contributed by atoms with Gasteiger partial charge in [0.05, 0.1) is 0 Å². The monoisotopic (exact) mass is 231 g/mol. The van der Waals surface area contributed by atoms with E-state index in [1.54, 1.807) is 0 Å². The van der Waals surface area contributed by atoms with E-state index in [1.807, 2.05) is 18.9 Å². The summed E-state index contributed by atoms with van der Waals surface area (Å²) < 4.78 is 5.20. The number of aliphatic carboxylic acids is 1. The van der Waals surface area contributed by atoms with Crippen LogP contribution in [0.2, 0.25) is 0 Å². The topological polar surface area (TPSA) is 49.8 Å². The molecule has 2 atom stereocenters. The zero-order chi connectivity index (χ0) is 12.9. The fourth-order valence-electron chi connectivity index (χ4n) is 1.48. The van der Waals surface area contributed by atoms with Gasteiger partial charge in [0.15, 0.2) is 6.10 Å². The van der Waals surface area contributed by atoms with Gasteiger partial charge in [-0.15, -0.1) is 0 Å². The van der Waals surface area contributed by atoms with Crippen LogP contribution in [0.25, 0.3) is 0 Å². The fourth-order valence-corrected chi connectivity index (χ4v) is 1.48. The van der Waals surface area contributed by atoms with Crippen molar-refractivity contribution in [2.45, 2.75) is 46.8 Å². The van der Waals surface area contributed by atoms with Crippen molar-refractivity contribution in [1.82, 2.24) is 4.90 Å². The maximum Gasteiger partial charge on any atom is 0.334 e. The van der Waals surface area contributed by atoms with Crippen molar-refractivity contribution in [2.75, 3.05) is 20.2 Å². The van der Waals surface area contributed by atoms with Crippen LogP contribution < -0.4 is 0 Å². The number of hydrogen-bond acceptors (Lipinski definition) is 3. The highest BCUT2D eigenvalue weighted by Crippen LogP contribution is 2.23. The summed E-state index contributed by atoms with van der Waals surface area (Å²) in [5.41, 5.74) is 0.129. The van der Waals surface area contributed by atoms with Crippen LogP contribution >= 0.6 is 0 Å². The lowest BCUT2D eigenvalue weighted by molar-refractivity contribution is -0.151. The number of nitrogens with zero attached hydrogens (tertiary/aromatic N) is 1. The minimum Gasteiger partial charge on any atom is -0.479 e. The van der Waals surface area contributed by atoms with E-state index >= 15 is 0 Å². The van der Waals surface area contributed by atoms with Crippen molar-refractivity contribution in [2.24, 2.45) is 5.41 Å². The number of carboxylic acids is 1. The zero-order valence-corrected chi connectivity index (χ0v) is 11.3. The Morgan fingerprint density at radius 1 is 1.44 bits per heavy atom. The summed E-state index contributed by atoms with van der Waals surface area (Å²) in [5.74, 6) is -0.894. The van der Waals surface area contributed by atoms with Crippen molar-refractivity contribution in [3.63, 3.8) is 0 Å². The van der Waals surface area contributed by atoms with Crippen LogP contribution in [0.5, 0.6) is 0 Å². The Morgan fingerprint density at radius 3 is 2.25 bits per heavy atom. The van der Waals surface area contributed by atoms with Gasteiger partial charge in [0.25, 0.3) is 0 Å². The minimum absolute atomic E-state index is 0.129. The molecule has 0 aromatic carbocycles. The van der Waals surface area contributed by atoms with Crippen molar-refractivity contribution in [3.05, 3.63) is 0 Å². The third kappa shape index (κ3) is 4.94. The summed E-state index contributed by atoms with van der Waals surface area (Å²) in [6, 6.07) is 0.301. The van der Waals surface area contributed by atoms with Crippen molar-refractivity contribution in [3.8, 4) is 0 Å². The Hall–Kier alpha value is -0.610. The van der Waals surface area contributed by atoms with Gasteiger partial charge in [-0.3, -0.25) is 4.90 Å². The van der Waals surface area contributed by atoms with Gasteiger partial charge in [-0.2, -0.15) is 0 Å². The van der Waals surface area contributed by atoms with Crippen LogP contribution in [-0.4, -0.2) is 48.3 Å². The molecule has 4 nitrogen and oxygen atoms in total. The Labute approximate surface area is 98.6 Å². The molecular formula is C12H25NO3. The summed E-state index contributed by atoms with van der Waals surface area (Å²) >= 11 is 0. The third-order valence-electron chi connectivity index (χ3n) is 3.01. The molecule has 2 unspecified atom stereocenters. The van der Waals surface area contributed by atoms with E-state index in [1.165, 1.54) is 0 Å². The van der Waals surface area contributed by atoms with Gasteiger partial charge in [-0.05, 0) is 26.3 Å². The van der Waals surface area contributed by atoms with Crippen molar-refractivity contribution < 1.29 is 14.6 Å². The Morgan fingerprint density at radius 2 is 1.94 bits per heavy atom. The second-order valence-electron chi connectivity index (χ2n) is 5.26. The standard InChI is InChI=1S/C12H25NO3/c1-7-16-10(11(14)15)8-13(6)9(2)12(3,4)5/h9-10H,7-8H2,1-6H3,(H,14,15). The molecule has 0 aromatic rings. The Kier molecular flexibility index (Phi) is 5.97. The first-order chi connectivity index (χ1) is 7.20. The van der Waals surface area contributed by atoms with E-state index in [9.17, 15) is 4.79 Å². The summed E-state index contributed by atoms with van der Waals surface area (Å²) in [6.45, 7) is 11.2. The Bertz CT molecular complexity index is 223. The quantitative estimate of drug-likeness (QED) is 0.758. The van der Waals surface area contributed by atoms with Crippen LogP contribution in [-0.2, 0) is 9.53 Å². The second-order valence-corrected chi connectivity index (χ2v) is 5.26. The Balaban J connectivity index is 4.40. The smallest absolute Gasteiger partial charge is 0.334 e. The zero-order valence-electron chi connectivity index (χ0n) is 11.3. The maximum atomic E-state index is 10.9. The summed E-state index contributed by atoms with van der Waals surface area (Å²) in [6.07, 6.45) is -0.736. The molecule has 0 heterocycles. The van der Waals surface area contributed by atoms with Crippen molar-refractivity contribution >= 4 is 5.97 Å². The van der Waals surface area contributed by atoms with Gasteiger partial charge < -0.3 is 9.84 Å². The van der Waals surface area contributed by atoms with Crippen LogP contribution in [0.15, 0.2) is 0 Å². The summed E-state index contributed by atoms with van der Waals surface area (Å²) in [5, 5.41) is 8.99. The number of likely N-dealkylation sites (N-methyl/N-ethyl adjacent to an activating group) is 1. The first kappa shape index (κ1) is 15.4. The van der Waals surface area contributed by atoms with E-state index in [-0.39, 0.29) is 5.41 Å². The largest absolute Gasteiger partial charge is 0.479 e. The van der Waals surface area contributed by atoms with Gasteiger partial charge in [0, 0.05) is 19.2 Å². The van der Waals surface area contributed by atoms with Crippen LogP contribution in [0.3, 0.4) is 0 Å². The van der Waals surface area contributed by atoms with Gasteiger partial charge in [0.1, 0.15) is 0 Å². The SMILES string of the molecule is CCOC(CN(C)C(C)C(C)(C)C)C(=O)O. The molecule has 0 spiro atoms. The molecule has 0 saturated heterocycles. The molecule has 0 radical (unpaired) electrons. The minimum atomic E-state index is -0.894. The van der Waals surface area contributed by atoms with Gasteiger partial charge >= 0.3 is 5.97 Å². The lowest BCUT2D eigenvalue weighted by Crippen LogP contribution is -2.45. The van der Waals surface area contributed by atoms with E-state index < -0.39 is 12.1 Å². The molecular weight excluding hydrogens is 206 g/mol. The van der Waals surface area contributed by atoms with Crippen LogP contribution in [0.1, 0.15) is 34.6 Å². The predicted octanol–water partition coefficient (Wildman–Crippen LogP) is 1.84. The molecule has 1 N–H and O–H groups in total. The predicted molar refractivity (Wildman–Crippen MR) is 64.6 cm³/mol. The van der Waals surface area contributed by atoms with E-state index in [0.29, 0.717) is 19.2 Å². The summed E-state index contributed by atoms with van der Waals surface area (Å²) in [4.78, 5) is 13.0. The molecule has 0 aromatic heterocycles. The molecule has 4 heteroatoms. The normalized spacial score (nSPS) is 16.2. The van der Waals surface area contributed by atoms with Crippen LogP contribution in [0, 0.1) is 5.41 Å². The number of ether oxygens (including phenoxy) is 1. The highest BCUT2D eigenvalue weighted by molar-refractivity contribution is 5.72. The molecule has 0 bridgehead atoms. The number of hydrogen-bond donors (Lipinski definition) is 1. The van der Waals surface area contributed by atoms with Gasteiger partial charge in [-0.25, -0.2) is 4.79 Å².